The maximum Gasteiger partial charge on any atom is 0.123 e. The van der Waals surface area contributed by atoms with Gasteiger partial charge in [0.15, 0.2) is 0 Å². The van der Waals surface area contributed by atoms with Crippen molar-refractivity contribution in [2.75, 3.05) is 19.6 Å². The third kappa shape index (κ3) is 3.48. The Labute approximate surface area is 148 Å². The molecule has 1 atom stereocenters. The van der Waals surface area contributed by atoms with Crippen molar-refractivity contribution in [3.63, 3.8) is 0 Å². The molecule has 5 heteroatoms. The fourth-order valence-electron chi connectivity index (χ4n) is 3.79. The molecule has 0 amide bonds. The minimum absolute atomic E-state index is 0.296. The van der Waals surface area contributed by atoms with Crippen molar-refractivity contribution >= 4 is 11.0 Å². The number of aryl methyl sites for hydroxylation is 1. The number of aromatic nitrogens is 2. The smallest absolute Gasteiger partial charge is 0.123 e. The van der Waals surface area contributed by atoms with E-state index in [-0.39, 0.29) is 0 Å². The summed E-state index contributed by atoms with van der Waals surface area (Å²) in [5, 5.41) is 3.60. The monoisotopic (exact) mass is 338 g/mol. The molecule has 1 aliphatic rings. The molecule has 1 N–H and O–H groups in total. The topological polar surface area (TPSA) is 46.2 Å². The van der Waals surface area contributed by atoms with Gasteiger partial charge in [0.25, 0.3) is 0 Å². The van der Waals surface area contributed by atoms with E-state index < -0.39 is 0 Å². The van der Waals surface area contributed by atoms with E-state index in [1.165, 1.54) is 24.8 Å². The van der Waals surface area contributed by atoms with Gasteiger partial charge in [0.2, 0.25) is 0 Å². The molecular formula is C20H26N4O. The summed E-state index contributed by atoms with van der Waals surface area (Å²) in [6, 6.07) is 12.7. The van der Waals surface area contributed by atoms with E-state index in [9.17, 15) is 0 Å². The summed E-state index contributed by atoms with van der Waals surface area (Å²) in [5.41, 5.74) is 2.23. The molecule has 1 aromatic carbocycles. The van der Waals surface area contributed by atoms with E-state index in [0.29, 0.717) is 6.04 Å². The molecule has 1 unspecified atom stereocenters. The lowest BCUT2D eigenvalue weighted by Gasteiger charge is -2.33. The van der Waals surface area contributed by atoms with Crippen molar-refractivity contribution < 1.29 is 4.42 Å². The number of rotatable bonds is 6. The highest BCUT2D eigenvalue weighted by molar-refractivity contribution is 5.75. The van der Waals surface area contributed by atoms with Crippen LogP contribution in [-0.4, -0.2) is 34.1 Å². The van der Waals surface area contributed by atoms with Gasteiger partial charge in [0.05, 0.1) is 29.9 Å². The first kappa shape index (κ1) is 16.4. The van der Waals surface area contributed by atoms with Crippen molar-refractivity contribution in [3.05, 3.63) is 54.2 Å². The van der Waals surface area contributed by atoms with Crippen molar-refractivity contribution in [3.8, 4) is 0 Å². The predicted molar refractivity (Wildman–Crippen MR) is 99.3 cm³/mol. The van der Waals surface area contributed by atoms with Crippen molar-refractivity contribution in [1.82, 2.24) is 19.8 Å². The largest absolute Gasteiger partial charge is 0.468 e. The highest BCUT2D eigenvalue weighted by Gasteiger charge is 2.24. The molecular weight excluding hydrogens is 312 g/mol. The van der Waals surface area contributed by atoms with E-state index in [0.717, 1.165) is 43.3 Å². The first-order chi connectivity index (χ1) is 12.3. The van der Waals surface area contributed by atoms with Crippen molar-refractivity contribution in [2.45, 2.75) is 31.8 Å². The highest BCUT2D eigenvalue weighted by Crippen LogP contribution is 2.24. The fraction of sp³-hybridized carbons (Fsp3) is 0.450. The lowest BCUT2D eigenvalue weighted by Crippen LogP contribution is -2.39. The van der Waals surface area contributed by atoms with Crippen LogP contribution in [0.5, 0.6) is 0 Å². The number of hydrogen-bond donors (Lipinski definition) is 1. The number of furan rings is 1. The van der Waals surface area contributed by atoms with Crippen LogP contribution in [0.15, 0.2) is 47.1 Å². The zero-order valence-electron chi connectivity index (χ0n) is 14.8. The van der Waals surface area contributed by atoms with Crippen LogP contribution >= 0.6 is 0 Å². The maximum absolute atomic E-state index is 5.72. The Morgan fingerprint density at radius 2 is 1.96 bits per heavy atom. The van der Waals surface area contributed by atoms with Crippen molar-refractivity contribution in [1.29, 1.82) is 0 Å². The molecule has 1 aliphatic heterocycles. The molecule has 3 heterocycles. The van der Waals surface area contributed by atoms with Crippen molar-refractivity contribution in [2.24, 2.45) is 7.05 Å². The van der Waals surface area contributed by atoms with Gasteiger partial charge < -0.3 is 14.3 Å². The van der Waals surface area contributed by atoms with Gasteiger partial charge in [0.1, 0.15) is 11.6 Å². The lowest BCUT2D eigenvalue weighted by atomic mass is 10.1. The van der Waals surface area contributed by atoms with Gasteiger partial charge in [-0.15, -0.1) is 0 Å². The number of nitrogens with zero attached hydrogens (tertiary/aromatic N) is 3. The first-order valence-electron chi connectivity index (χ1n) is 9.21. The quantitative estimate of drug-likeness (QED) is 0.747. The summed E-state index contributed by atoms with van der Waals surface area (Å²) in [7, 11) is 2.08. The summed E-state index contributed by atoms with van der Waals surface area (Å²) < 4.78 is 7.89. The normalized spacial score (nSPS) is 17.2. The SMILES string of the molecule is Cn1c(CNCC(c2ccco2)N2CCCCC2)nc2ccccc21. The number of likely N-dealkylation sites (tertiary alicyclic amines) is 1. The Bertz CT molecular complexity index is 802. The summed E-state index contributed by atoms with van der Waals surface area (Å²) in [6.07, 6.45) is 5.68. The number of nitrogens with one attached hydrogen (secondary N) is 1. The lowest BCUT2D eigenvalue weighted by molar-refractivity contribution is 0.142. The van der Waals surface area contributed by atoms with Crippen LogP contribution in [0.25, 0.3) is 11.0 Å². The molecule has 0 spiro atoms. The number of benzene rings is 1. The van der Waals surface area contributed by atoms with Gasteiger partial charge in [-0.25, -0.2) is 4.98 Å². The molecule has 5 nitrogen and oxygen atoms in total. The molecule has 1 saturated heterocycles. The summed E-state index contributed by atoms with van der Waals surface area (Å²) in [6.45, 7) is 3.94. The molecule has 0 saturated carbocycles. The number of fused-ring (bicyclic) bond motifs is 1. The van der Waals surface area contributed by atoms with Gasteiger partial charge in [-0.3, -0.25) is 4.90 Å². The average Bonchev–Trinajstić information content (AvgIpc) is 3.29. The Kier molecular flexibility index (Phi) is 4.85. The van der Waals surface area contributed by atoms with Gasteiger partial charge in [-0.2, -0.15) is 0 Å². The summed E-state index contributed by atoms with van der Waals surface area (Å²) in [4.78, 5) is 7.29. The molecule has 0 radical (unpaired) electrons. The Balaban J connectivity index is 1.44. The van der Waals surface area contributed by atoms with Gasteiger partial charge in [-0.05, 0) is 50.2 Å². The standard InChI is InChI=1S/C20H26N4O/c1-23-17-9-4-3-8-16(17)22-20(23)15-21-14-18(19-10-7-13-25-19)24-11-5-2-6-12-24/h3-4,7-10,13,18,21H,2,5-6,11-12,14-15H2,1H3. The fourth-order valence-corrected chi connectivity index (χ4v) is 3.79. The number of piperidine rings is 1. The number of imidazole rings is 1. The second-order valence-corrected chi connectivity index (χ2v) is 6.83. The third-order valence-electron chi connectivity index (χ3n) is 5.20. The first-order valence-corrected chi connectivity index (χ1v) is 9.21. The van der Waals surface area contributed by atoms with Gasteiger partial charge in [-0.1, -0.05) is 18.6 Å². The average molecular weight is 338 g/mol. The molecule has 0 aliphatic carbocycles. The molecule has 132 valence electrons. The van der Waals surface area contributed by atoms with E-state index in [1.54, 1.807) is 6.26 Å². The molecule has 25 heavy (non-hydrogen) atoms. The third-order valence-corrected chi connectivity index (χ3v) is 5.20. The Hall–Kier alpha value is -2.11. The van der Waals surface area contributed by atoms with E-state index >= 15 is 0 Å². The van der Waals surface area contributed by atoms with Gasteiger partial charge in [0, 0.05) is 13.6 Å². The molecule has 3 aromatic rings. The minimum Gasteiger partial charge on any atom is -0.468 e. The van der Waals surface area contributed by atoms with E-state index in [1.807, 2.05) is 12.1 Å². The number of para-hydroxylation sites is 2. The maximum atomic E-state index is 5.72. The molecule has 1 fully saturated rings. The summed E-state index contributed by atoms with van der Waals surface area (Å²) >= 11 is 0. The summed E-state index contributed by atoms with van der Waals surface area (Å²) in [5.74, 6) is 2.12. The molecule has 2 aromatic heterocycles. The van der Waals surface area contributed by atoms with Crippen LogP contribution in [0.2, 0.25) is 0 Å². The second-order valence-electron chi connectivity index (χ2n) is 6.83. The second kappa shape index (κ2) is 7.42. The van der Waals surface area contributed by atoms with Crippen LogP contribution in [-0.2, 0) is 13.6 Å². The van der Waals surface area contributed by atoms with Crippen LogP contribution in [0.4, 0.5) is 0 Å². The molecule has 4 rings (SSSR count). The number of hydrogen-bond acceptors (Lipinski definition) is 4. The van der Waals surface area contributed by atoms with Gasteiger partial charge >= 0.3 is 0 Å². The Morgan fingerprint density at radius 3 is 2.72 bits per heavy atom. The Morgan fingerprint density at radius 1 is 1.12 bits per heavy atom. The van der Waals surface area contributed by atoms with E-state index in [2.05, 4.69) is 46.1 Å². The zero-order valence-corrected chi connectivity index (χ0v) is 14.8. The highest BCUT2D eigenvalue weighted by atomic mass is 16.3. The zero-order chi connectivity index (χ0) is 17.1. The van der Waals surface area contributed by atoms with Crippen LogP contribution < -0.4 is 5.32 Å². The minimum atomic E-state index is 0.296. The van der Waals surface area contributed by atoms with E-state index in [4.69, 9.17) is 9.40 Å². The van der Waals surface area contributed by atoms with Crippen LogP contribution in [0.3, 0.4) is 0 Å². The predicted octanol–water partition coefficient (Wildman–Crippen LogP) is 3.48. The van der Waals surface area contributed by atoms with Crippen LogP contribution in [0, 0.1) is 0 Å². The molecule has 0 bridgehead atoms. The van der Waals surface area contributed by atoms with Crippen LogP contribution in [0.1, 0.15) is 36.9 Å².